The maximum atomic E-state index is 7.07. The molecule has 2 aromatic heterocycles. The van der Waals surface area contributed by atoms with E-state index in [2.05, 4.69) is 121 Å². The van der Waals surface area contributed by atoms with Crippen LogP contribution in [0.5, 0.6) is 0 Å². The Morgan fingerprint density at radius 3 is 1.55 bits per heavy atom. The van der Waals surface area contributed by atoms with Gasteiger partial charge in [0.1, 0.15) is 11.2 Å². The Balaban J connectivity index is 1.15. The van der Waals surface area contributed by atoms with Gasteiger partial charge in [0.25, 0.3) is 0 Å². The van der Waals surface area contributed by atoms with E-state index in [0.717, 1.165) is 44.2 Å². The van der Waals surface area contributed by atoms with Crippen LogP contribution in [0, 0.1) is 0 Å². The highest BCUT2D eigenvalue weighted by Crippen LogP contribution is 2.64. The number of benzene rings is 8. The molecule has 4 nitrogen and oxygen atoms in total. The summed E-state index contributed by atoms with van der Waals surface area (Å²) in [6.07, 6.45) is 0. The molecule has 0 saturated carbocycles. The van der Waals surface area contributed by atoms with Crippen LogP contribution in [0.3, 0.4) is 0 Å². The maximum absolute atomic E-state index is 7.07. The summed E-state index contributed by atoms with van der Waals surface area (Å²) < 4.78 is 7.07. The molecule has 10 aromatic rings. The van der Waals surface area contributed by atoms with E-state index in [9.17, 15) is 0 Å². The van der Waals surface area contributed by atoms with Gasteiger partial charge >= 0.3 is 0 Å². The smallest absolute Gasteiger partial charge is 0.164 e. The van der Waals surface area contributed by atoms with Crippen molar-refractivity contribution in [3.05, 3.63) is 210 Å². The summed E-state index contributed by atoms with van der Waals surface area (Å²) in [6, 6.07) is 66.6. The van der Waals surface area contributed by atoms with Crippen LogP contribution in [-0.2, 0) is 5.41 Å². The SMILES string of the molecule is c1ccc(-c2ccc3c(c2)C2(c4ccccc4-c4ccccc42)c2ccc4c(oc5cccc(-c6nc(-c7ccccc7)nc(-c7ccccc7)n6)c54)c2-3)cc1. The Morgan fingerprint density at radius 2 is 0.911 bits per heavy atom. The van der Waals surface area contributed by atoms with Gasteiger partial charge in [0.05, 0.1) is 5.41 Å². The van der Waals surface area contributed by atoms with Crippen molar-refractivity contribution in [2.24, 2.45) is 0 Å². The molecular formula is C52H31N3O. The van der Waals surface area contributed by atoms with Crippen molar-refractivity contribution in [2.45, 2.75) is 5.41 Å². The molecule has 0 aliphatic heterocycles. The Bertz CT molecular complexity index is 3080. The molecule has 2 aliphatic carbocycles. The van der Waals surface area contributed by atoms with Gasteiger partial charge in [-0.2, -0.15) is 0 Å². The minimum absolute atomic E-state index is 0.512. The van der Waals surface area contributed by atoms with E-state index in [0.29, 0.717) is 17.5 Å². The molecule has 12 rings (SSSR count). The molecule has 0 saturated heterocycles. The van der Waals surface area contributed by atoms with E-state index < -0.39 is 5.41 Å². The quantitative estimate of drug-likeness (QED) is 0.182. The molecule has 260 valence electrons. The largest absolute Gasteiger partial charge is 0.455 e. The zero-order valence-electron chi connectivity index (χ0n) is 30.1. The van der Waals surface area contributed by atoms with Crippen LogP contribution < -0.4 is 0 Å². The predicted octanol–water partition coefficient (Wildman–Crippen LogP) is 12.8. The highest BCUT2D eigenvalue weighted by Gasteiger charge is 2.52. The van der Waals surface area contributed by atoms with E-state index in [1.165, 1.54) is 50.1 Å². The monoisotopic (exact) mass is 713 g/mol. The Labute approximate surface area is 323 Å². The maximum Gasteiger partial charge on any atom is 0.164 e. The van der Waals surface area contributed by atoms with Crippen molar-refractivity contribution >= 4 is 21.9 Å². The van der Waals surface area contributed by atoms with Crippen LogP contribution in [0.1, 0.15) is 22.3 Å². The third-order valence-corrected chi connectivity index (χ3v) is 11.8. The molecule has 56 heavy (non-hydrogen) atoms. The number of hydrogen-bond donors (Lipinski definition) is 0. The zero-order chi connectivity index (χ0) is 36.8. The first kappa shape index (κ1) is 31.0. The van der Waals surface area contributed by atoms with E-state index in [1.54, 1.807) is 0 Å². The molecule has 0 unspecified atom stereocenters. The standard InChI is InChI=1S/C52H31N3O/c1-4-15-32(16-5-1)35-27-28-38-44(31-35)52(41-24-12-10-21-36(41)37-22-11-13-25-42(37)52)43-30-29-39-46-40(23-14-26-45(46)56-48(39)47(38)43)51-54-49(33-17-6-2-7-18-33)53-50(55-51)34-19-8-3-9-20-34/h1-31H. The van der Waals surface area contributed by atoms with Gasteiger partial charge in [-0.3, -0.25) is 0 Å². The van der Waals surface area contributed by atoms with Crippen LogP contribution in [-0.4, -0.2) is 15.0 Å². The fourth-order valence-electron chi connectivity index (χ4n) is 9.43. The number of fused-ring (bicyclic) bond motifs is 14. The molecular weight excluding hydrogens is 683 g/mol. The number of hydrogen-bond acceptors (Lipinski definition) is 4. The summed E-state index contributed by atoms with van der Waals surface area (Å²) in [5, 5.41) is 2.03. The predicted molar refractivity (Wildman–Crippen MR) is 225 cm³/mol. The lowest BCUT2D eigenvalue weighted by Gasteiger charge is -2.30. The van der Waals surface area contributed by atoms with Crippen molar-refractivity contribution in [3.63, 3.8) is 0 Å². The van der Waals surface area contributed by atoms with Crippen LogP contribution in [0.4, 0.5) is 0 Å². The van der Waals surface area contributed by atoms with E-state index >= 15 is 0 Å². The Hall–Kier alpha value is -7.43. The van der Waals surface area contributed by atoms with E-state index in [1.807, 2.05) is 66.7 Å². The Kier molecular flexibility index (Phi) is 6.52. The summed E-state index contributed by atoms with van der Waals surface area (Å²) in [7, 11) is 0. The summed E-state index contributed by atoms with van der Waals surface area (Å²) in [6.45, 7) is 0. The first-order chi connectivity index (χ1) is 27.8. The summed E-state index contributed by atoms with van der Waals surface area (Å²) >= 11 is 0. The van der Waals surface area contributed by atoms with Gasteiger partial charge in [-0.25, -0.2) is 15.0 Å². The van der Waals surface area contributed by atoms with Gasteiger partial charge in [0.15, 0.2) is 17.5 Å². The zero-order valence-corrected chi connectivity index (χ0v) is 30.1. The minimum Gasteiger partial charge on any atom is -0.455 e. The topological polar surface area (TPSA) is 51.8 Å². The van der Waals surface area contributed by atoms with Gasteiger partial charge in [0.2, 0.25) is 0 Å². The number of furan rings is 1. The van der Waals surface area contributed by atoms with E-state index in [-0.39, 0.29) is 0 Å². The lowest BCUT2D eigenvalue weighted by atomic mass is 9.70. The molecule has 0 radical (unpaired) electrons. The molecule has 2 heterocycles. The fourth-order valence-corrected chi connectivity index (χ4v) is 9.43. The van der Waals surface area contributed by atoms with Crippen LogP contribution in [0.15, 0.2) is 192 Å². The van der Waals surface area contributed by atoms with Gasteiger partial charge in [-0.1, -0.05) is 176 Å². The molecule has 0 amide bonds. The van der Waals surface area contributed by atoms with Gasteiger partial charge < -0.3 is 4.42 Å². The molecule has 2 aliphatic rings. The molecule has 0 bridgehead atoms. The second kappa shape index (κ2) is 11.8. The minimum atomic E-state index is -0.512. The van der Waals surface area contributed by atoms with Crippen LogP contribution in [0.2, 0.25) is 0 Å². The van der Waals surface area contributed by atoms with Gasteiger partial charge in [-0.05, 0) is 62.2 Å². The number of rotatable bonds is 4. The van der Waals surface area contributed by atoms with Crippen molar-refractivity contribution in [1.29, 1.82) is 0 Å². The number of aromatic nitrogens is 3. The van der Waals surface area contributed by atoms with Crippen LogP contribution in [0.25, 0.3) is 89.5 Å². The fraction of sp³-hybridized carbons (Fsp3) is 0.0192. The second-order valence-corrected chi connectivity index (χ2v) is 14.7. The molecule has 0 fully saturated rings. The van der Waals surface area contributed by atoms with Crippen LogP contribution >= 0.6 is 0 Å². The summed E-state index contributed by atoms with van der Waals surface area (Å²) in [5.74, 6) is 1.86. The Morgan fingerprint density at radius 1 is 0.357 bits per heavy atom. The van der Waals surface area contributed by atoms with E-state index in [4.69, 9.17) is 19.4 Å². The average molecular weight is 714 g/mol. The van der Waals surface area contributed by atoms with Crippen molar-refractivity contribution in [1.82, 2.24) is 15.0 Å². The highest BCUT2D eigenvalue weighted by atomic mass is 16.3. The molecule has 0 atom stereocenters. The van der Waals surface area contributed by atoms with Crippen molar-refractivity contribution in [2.75, 3.05) is 0 Å². The first-order valence-corrected chi connectivity index (χ1v) is 19.0. The lowest BCUT2D eigenvalue weighted by molar-refractivity contribution is 0.669. The average Bonchev–Trinajstić information content (AvgIpc) is 3.91. The molecule has 8 aromatic carbocycles. The van der Waals surface area contributed by atoms with Crippen molar-refractivity contribution in [3.8, 4) is 67.5 Å². The molecule has 1 spiro atoms. The number of nitrogens with zero attached hydrogens (tertiary/aromatic N) is 3. The van der Waals surface area contributed by atoms with Gasteiger partial charge in [-0.15, -0.1) is 0 Å². The summed E-state index contributed by atoms with van der Waals surface area (Å²) in [4.78, 5) is 15.2. The normalized spacial score (nSPS) is 13.1. The highest BCUT2D eigenvalue weighted by molar-refractivity contribution is 6.17. The summed E-state index contributed by atoms with van der Waals surface area (Å²) in [5.41, 5.74) is 16.3. The lowest BCUT2D eigenvalue weighted by Crippen LogP contribution is -2.25. The molecule has 0 N–H and O–H groups in total. The van der Waals surface area contributed by atoms with Gasteiger partial charge in [0, 0.05) is 33.0 Å². The first-order valence-electron chi connectivity index (χ1n) is 19.0. The third-order valence-electron chi connectivity index (χ3n) is 11.8. The third kappa shape index (κ3) is 4.27. The van der Waals surface area contributed by atoms with Crippen molar-refractivity contribution < 1.29 is 4.42 Å². The molecule has 4 heteroatoms. The second-order valence-electron chi connectivity index (χ2n) is 14.7.